The summed E-state index contributed by atoms with van der Waals surface area (Å²) >= 11 is 0. The van der Waals surface area contributed by atoms with Gasteiger partial charge in [-0.15, -0.1) is 0 Å². The molecule has 2 aromatic rings. The molecular formula is C14H16N4O2. The fourth-order valence-electron chi connectivity index (χ4n) is 1.72. The van der Waals surface area contributed by atoms with Crippen molar-refractivity contribution in [2.45, 2.75) is 13.0 Å². The third kappa shape index (κ3) is 3.30. The van der Waals surface area contributed by atoms with Gasteiger partial charge in [-0.1, -0.05) is 12.1 Å². The molecule has 2 rings (SSSR count). The largest absolute Gasteiger partial charge is 0.321 e. The molecule has 0 aliphatic rings. The highest BCUT2D eigenvalue weighted by Crippen LogP contribution is 2.17. The Labute approximate surface area is 116 Å². The average Bonchev–Trinajstić information content (AvgIpc) is 2.47. The van der Waals surface area contributed by atoms with Crippen LogP contribution >= 0.6 is 0 Å². The number of amides is 1. The molecule has 104 valence electrons. The first-order valence-electron chi connectivity index (χ1n) is 6.24. The van der Waals surface area contributed by atoms with E-state index in [4.69, 9.17) is 0 Å². The van der Waals surface area contributed by atoms with Crippen molar-refractivity contribution < 1.29 is 4.79 Å². The van der Waals surface area contributed by atoms with Crippen LogP contribution in [0.3, 0.4) is 0 Å². The van der Waals surface area contributed by atoms with Crippen molar-refractivity contribution >= 4 is 11.6 Å². The molecule has 0 spiro atoms. The summed E-state index contributed by atoms with van der Waals surface area (Å²) in [6.45, 7) is 2.03. The van der Waals surface area contributed by atoms with Gasteiger partial charge in [-0.3, -0.25) is 9.59 Å². The van der Waals surface area contributed by atoms with Crippen molar-refractivity contribution in [3.63, 3.8) is 0 Å². The second-order valence-electron chi connectivity index (χ2n) is 4.40. The molecule has 6 heteroatoms. The van der Waals surface area contributed by atoms with Crippen molar-refractivity contribution in [1.29, 1.82) is 0 Å². The van der Waals surface area contributed by atoms with Gasteiger partial charge in [0, 0.05) is 17.8 Å². The summed E-state index contributed by atoms with van der Waals surface area (Å²) in [6, 6.07) is 10.4. The minimum Gasteiger partial charge on any atom is -0.321 e. The van der Waals surface area contributed by atoms with Crippen molar-refractivity contribution in [2.24, 2.45) is 0 Å². The van der Waals surface area contributed by atoms with Crippen LogP contribution < -0.4 is 16.2 Å². The third-order valence-electron chi connectivity index (χ3n) is 2.99. The molecule has 1 aromatic carbocycles. The van der Waals surface area contributed by atoms with Crippen LogP contribution in [0.5, 0.6) is 0 Å². The Morgan fingerprint density at radius 1 is 1.30 bits per heavy atom. The summed E-state index contributed by atoms with van der Waals surface area (Å²) in [7, 11) is 1.88. The highest BCUT2D eigenvalue weighted by molar-refractivity contribution is 6.02. The van der Waals surface area contributed by atoms with Gasteiger partial charge in [-0.05, 0) is 37.7 Å². The fourth-order valence-corrected chi connectivity index (χ4v) is 1.72. The van der Waals surface area contributed by atoms with E-state index in [-0.39, 0.29) is 23.2 Å². The van der Waals surface area contributed by atoms with Crippen LogP contribution in [0.25, 0.3) is 0 Å². The first-order chi connectivity index (χ1) is 9.60. The third-order valence-corrected chi connectivity index (χ3v) is 2.99. The topological polar surface area (TPSA) is 86.9 Å². The minimum absolute atomic E-state index is 0.164. The molecule has 20 heavy (non-hydrogen) atoms. The van der Waals surface area contributed by atoms with E-state index in [1.165, 1.54) is 12.1 Å². The molecule has 6 nitrogen and oxygen atoms in total. The summed E-state index contributed by atoms with van der Waals surface area (Å²) in [5, 5.41) is 11.8. The Balaban J connectivity index is 2.15. The molecule has 0 aliphatic carbocycles. The van der Waals surface area contributed by atoms with E-state index in [0.29, 0.717) is 5.69 Å². The molecule has 1 atom stereocenters. The molecule has 0 saturated heterocycles. The SMILES string of the molecule is CNC(C)c1cccc(NC(=O)c2ccc(=O)[nH]n2)c1. The highest BCUT2D eigenvalue weighted by Gasteiger charge is 2.09. The van der Waals surface area contributed by atoms with Crippen molar-refractivity contribution in [2.75, 3.05) is 12.4 Å². The van der Waals surface area contributed by atoms with Gasteiger partial charge >= 0.3 is 0 Å². The Morgan fingerprint density at radius 3 is 2.75 bits per heavy atom. The number of aromatic nitrogens is 2. The predicted octanol–water partition coefficient (Wildman–Crippen LogP) is 1.30. The lowest BCUT2D eigenvalue weighted by molar-refractivity contribution is 0.102. The van der Waals surface area contributed by atoms with Gasteiger partial charge in [0.05, 0.1) is 0 Å². The number of rotatable bonds is 4. The number of nitrogens with one attached hydrogen (secondary N) is 3. The molecule has 1 amide bonds. The van der Waals surface area contributed by atoms with E-state index in [1.54, 1.807) is 6.07 Å². The number of benzene rings is 1. The maximum atomic E-state index is 12.0. The number of hydrogen-bond donors (Lipinski definition) is 3. The van der Waals surface area contributed by atoms with E-state index in [2.05, 4.69) is 20.8 Å². The molecule has 0 aliphatic heterocycles. The standard InChI is InChI=1S/C14H16N4O2/c1-9(15-2)10-4-3-5-11(8-10)16-14(20)12-6-7-13(19)18-17-12/h3-9,15H,1-2H3,(H,16,20)(H,18,19). The summed E-state index contributed by atoms with van der Waals surface area (Å²) < 4.78 is 0. The summed E-state index contributed by atoms with van der Waals surface area (Å²) in [4.78, 5) is 22.9. The zero-order valence-electron chi connectivity index (χ0n) is 11.3. The zero-order valence-corrected chi connectivity index (χ0v) is 11.3. The van der Waals surface area contributed by atoms with Crippen molar-refractivity contribution in [3.05, 3.63) is 58.0 Å². The molecule has 1 heterocycles. The van der Waals surface area contributed by atoms with E-state index < -0.39 is 0 Å². The average molecular weight is 272 g/mol. The second kappa shape index (κ2) is 6.12. The number of nitrogens with zero attached hydrogens (tertiary/aromatic N) is 1. The first-order valence-corrected chi connectivity index (χ1v) is 6.24. The lowest BCUT2D eigenvalue weighted by atomic mass is 10.1. The number of carbonyl (C=O) groups is 1. The predicted molar refractivity (Wildman–Crippen MR) is 76.7 cm³/mol. The van der Waals surface area contributed by atoms with Gasteiger partial charge in [-0.2, -0.15) is 5.10 Å². The van der Waals surface area contributed by atoms with Gasteiger partial charge in [0.25, 0.3) is 11.5 Å². The molecule has 0 radical (unpaired) electrons. The van der Waals surface area contributed by atoms with E-state index in [1.807, 2.05) is 32.2 Å². The number of H-pyrrole nitrogens is 1. The van der Waals surface area contributed by atoms with Crippen LogP contribution in [0.4, 0.5) is 5.69 Å². The summed E-state index contributed by atoms with van der Waals surface area (Å²) in [5.41, 5.74) is 1.57. The fraction of sp³-hybridized carbons (Fsp3) is 0.214. The Bertz CT molecular complexity index is 646. The van der Waals surface area contributed by atoms with Crippen LogP contribution in [0.15, 0.2) is 41.2 Å². The Hall–Kier alpha value is -2.47. The second-order valence-corrected chi connectivity index (χ2v) is 4.40. The van der Waals surface area contributed by atoms with Crippen molar-refractivity contribution in [3.8, 4) is 0 Å². The maximum Gasteiger partial charge on any atom is 0.276 e. The van der Waals surface area contributed by atoms with Gasteiger partial charge in [0.1, 0.15) is 5.69 Å². The zero-order chi connectivity index (χ0) is 14.5. The van der Waals surface area contributed by atoms with E-state index >= 15 is 0 Å². The monoisotopic (exact) mass is 272 g/mol. The number of aromatic amines is 1. The van der Waals surface area contributed by atoms with Crippen LogP contribution in [0.1, 0.15) is 29.0 Å². The highest BCUT2D eigenvalue weighted by atomic mass is 16.2. The Morgan fingerprint density at radius 2 is 2.10 bits per heavy atom. The molecule has 0 fully saturated rings. The quantitative estimate of drug-likeness (QED) is 0.783. The van der Waals surface area contributed by atoms with E-state index in [9.17, 15) is 9.59 Å². The van der Waals surface area contributed by atoms with Crippen LogP contribution in [0.2, 0.25) is 0 Å². The summed E-state index contributed by atoms with van der Waals surface area (Å²) in [6.07, 6.45) is 0. The smallest absolute Gasteiger partial charge is 0.276 e. The maximum absolute atomic E-state index is 12.0. The van der Waals surface area contributed by atoms with Gasteiger partial charge in [0.2, 0.25) is 0 Å². The number of anilines is 1. The first kappa shape index (κ1) is 14.0. The minimum atomic E-state index is -0.365. The number of carbonyl (C=O) groups excluding carboxylic acids is 1. The number of hydrogen-bond acceptors (Lipinski definition) is 4. The molecule has 0 saturated carbocycles. The molecule has 1 unspecified atom stereocenters. The molecule has 0 bridgehead atoms. The Kier molecular flexibility index (Phi) is 4.27. The van der Waals surface area contributed by atoms with E-state index in [0.717, 1.165) is 5.56 Å². The molecule has 1 aromatic heterocycles. The summed E-state index contributed by atoms with van der Waals surface area (Å²) in [5.74, 6) is -0.365. The van der Waals surface area contributed by atoms with Crippen LogP contribution in [0, 0.1) is 0 Å². The van der Waals surface area contributed by atoms with Crippen molar-refractivity contribution in [1.82, 2.24) is 15.5 Å². The normalized spacial score (nSPS) is 11.9. The molecular weight excluding hydrogens is 256 g/mol. The van der Waals surface area contributed by atoms with Crippen LogP contribution in [-0.4, -0.2) is 23.2 Å². The molecule has 3 N–H and O–H groups in total. The van der Waals surface area contributed by atoms with Gasteiger partial charge in [-0.25, -0.2) is 5.10 Å². The van der Waals surface area contributed by atoms with Crippen LogP contribution in [-0.2, 0) is 0 Å². The lowest BCUT2D eigenvalue weighted by Crippen LogP contribution is -2.18. The lowest BCUT2D eigenvalue weighted by Gasteiger charge is -2.12. The van der Waals surface area contributed by atoms with Gasteiger partial charge in [0.15, 0.2) is 0 Å². The van der Waals surface area contributed by atoms with Gasteiger partial charge < -0.3 is 10.6 Å².